The first kappa shape index (κ1) is 15.7. The van der Waals surface area contributed by atoms with E-state index < -0.39 is 5.97 Å². The van der Waals surface area contributed by atoms with E-state index in [9.17, 15) is 4.79 Å². The molecule has 0 saturated heterocycles. The van der Waals surface area contributed by atoms with Crippen molar-refractivity contribution in [2.75, 3.05) is 0 Å². The molecule has 98 valence electrons. The molecular formula is C12H11Br3O3. The van der Waals surface area contributed by atoms with Crippen LogP contribution in [0, 0.1) is 0 Å². The monoisotopic (exact) mass is 440 g/mol. The van der Waals surface area contributed by atoms with Crippen LogP contribution in [-0.2, 0) is 4.79 Å². The van der Waals surface area contributed by atoms with Crippen LogP contribution in [0.15, 0.2) is 36.9 Å². The van der Waals surface area contributed by atoms with Gasteiger partial charge >= 0.3 is 5.97 Å². The van der Waals surface area contributed by atoms with Gasteiger partial charge in [0.2, 0.25) is 0 Å². The number of hydrogen-bond donors (Lipinski definition) is 1. The van der Waals surface area contributed by atoms with Crippen molar-refractivity contribution in [1.29, 1.82) is 0 Å². The summed E-state index contributed by atoms with van der Waals surface area (Å²) in [7, 11) is 0. The summed E-state index contributed by atoms with van der Waals surface area (Å²) in [5.41, 5.74) is 0.208. The standard InChI is InChI=1S/C12H11Br3O3/c1-3-10(6(2)12(16)17)18-11-8(14)4-7(13)5-9(11)15/h4-5H,3H2,1-2H3,(H,16,17)/b10-6+. The van der Waals surface area contributed by atoms with E-state index in [0.717, 1.165) is 13.4 Å². The highest BCUT2D eigenvalue weighted by molar-refractivity contribution is 9.11. The van der Waals surface area contributed by atoms with E-state index >= 15 is 0 Å². The zero-order valence-corrected chi connectivity index (χ0v) is 14.5. The van der Waals surface area contributed by atoms with Crippen LogP contribution in [0.2, 0.25) is 0 Å². The van der Waals surface area contributed by atoms with E-state index in [1.165, 1.54) is 6.92 Å². The van der Waals surface area contributed by atoms with Crippen LogP contribution in [0.5, 0.6) is 5.75 Å². The van der Waals surface area contributed by atoms with Gasteiger partial charge in [-0.3, -0.25) is 0 Å². The smallest absolute Gasteiger partial charge is 0.334 e. The molecule has 1 aromatic carbocycles. The summed E-state index contributed by atoms with van der Waals surface area (Å²) in [6, 6.07) is 3.67. The quantitative estimate of drug-likeness (QED) is 0.520. The predicted octanol–water partition coefficient (Wildman–Crippen LogP) is 5.12. The first-order valence-corrected chi connectivity index (χ1v) is 7.50. The number of ether oxygens (including phenoxy) is 1. The van der Waals surface area contributed by atoms with Gasteiger partial charge in [0.1, 0.15) is 5.76 Å². The molecule has 0 atom stereocenters. The second-order valence-corrected chi connectivity index (χ2v) is 6.13. The van der Waals surface area contributed by atoms with Crippen LogP contribution < -0.4 is 4.74 Å². The van der Waals surface area contributed by atoms with Crippen molar-refractivity contribution in [3.8, 4) is 5.75 Å². The molecule has 18 heavy (non-hydrogen) atoms. The highest BCUT2D eigenvalue weighted by Crippen LogP contribution is 2.38. The summed E-state index contributed by atoms with van der Waals surface area (Å²) in [5, 5.41) is 8.98. The van der Waals surface area contributed by atoms with E-state index in [2.05, 4.69) is 47.8 Å². The summed E-state index contributed by atoms with van der Waals surface area (Å²) in [6.45, 7) is 3.38. The highest BCUT2D eigenvalue weighted by Gasteiger charge is 2.14. The minimum Gasteiger partial charge on any atom is -0.478 e. The van der Waals surface area contributed by atoms with Gasteiger partial charge in [0, 0.05) is 10.9 Å². The minimum atomic E-state index is -0.976. The second kappa shape index (κ2) is 6.73. The Morgan fingerprint density at radius 1 is 1.28 bits per heavy atom. The normalized spacial score (nSPS) is 12.1. The molecule has 0 spiro atoms. The molecule has 1 aromatic rings. The molecule has 0 heterocycles. The summed E-state index contributed by atoms with van der Waals surface area (Å²) in [5.74, 6) is 0.0260. The average molecular weight is 443 g/mol. The number of carbonyl (C=O) groups is 1. The fourth-order valence-electron chi connectivity index (χ4n) is 1.28. The van der Waals surface area contributed by atoms with Gasteiger partial charge in [0.15, 0.2) is 5.75 Å². The molecule has 3 nitrogen and oxygen atoms in total. The lowest BCUT2D eigenvalue weighted by atomic mass is 10.2. The van der Waals surface area contributed by atoms with Gasteiger partial charge in [-0.25, -0.2) is 4.79 Å². The molecule has 0 amide bonds. The lowest BCUT2D eigenvalue weighted by Crippen LogP contribution is -2.06. The van der Waals surface area contributed by atoms with Gasteiger partial charge in [-0.15, -0.1) is 0 Å². The molecule has 0 unspecified atom stereocenters. The van der Waals surface area contributed by atoms with Crippen LogP contribution >= 0.6 is 47.8 Å². The molecule has 0 saturated carbocycles. The second-order valence-electron chi connectivity index (χ2n) is 3.51. The summed E-state index contributed by atoms with van der Waals surface area (Å²) in [4.78, 5) is 10.9. The van der Waals surface area contributed by atoms with Gasteiger partial charge in [0.05, 0.1) is 14.5 Å². The van der Waals surface area contributed by atoms with Gasteiger partial charge in [-0.05, 0) is 50.9 Å². The molecule has 0 aliphatic carbocycles. The molecule has 0 fully saturated rings. The Balaban J connectivity index is 3.18. The van der Waals surface area contributed by atoms with E-state index in [1.54, 1.807) is 0 Å². The van der Waals surface area contributed by atoms with Crippen molar-refractivity contribution < 1.29 is 14.6 Å². The predicted molar refractivity (Wildman–Crippen MR) is 80.8 cm³/mol. The molecule has 1 N–H and O–H groups in total. The maximum Gasteiger partial charge on any atom is 0.334 e. The van der Waals surface area contributed by atoms with Crippen molar-refractivity contribution in [1.82, 2.24) is 0 Å². The maximum atomic E-state index is 10.9. The van der Waals surface area contributed by atoms with Crippen LogP contribution in [0.3, 0.4) is 0 Å². The summed E-state index contributed by atoms with van der Waals surface area (Å²) >= 11 is 10.1. The fourth-order valence-corrected chi connectivity index (χ4v) is 3.70. The van der Waals surface area contributed by atoms with Crippen LogP contribution in [-0.4, -0.2) is 11.1 Å². The third-order valence-corrected chi connectivity index (χ3v) is 3.88. The number of hydrogen-bond acceptors (Lipinski definition) is 2. The Morgan fingerprint density at radius 3 is 2.17 bits per heavy atom. The minimum absolute atomic E-state index is 0.208. The number of rotatable bonds is 4. The zero-order valence-electron chi connectivity index (χ0n) is 9.76. The van der Waals surface area contributed by atoms with Crippen LogP contribution in [0.25, 0.3) is 0 Å². The molecule has 0 aliphatic heterocycles. The summed E-state index contributed by atoms with van der Waals surface area (Å²) in [6.07, 6.45) is 0.507. The van der Waals surface area contributed by atoms with Crippen molar-refractivity contribution >= 4 is 53.8 Å². The Morgan fingerprint density at radius 2 is 1.78 bits per heavy atom. The molecule has 0 aromatic heterocycles. The largest absolute Gasteiger partial charge is 0.478 e. The van der Waals surface area contributed by atoms with Gasteiger partial charge < -0.3 is 9.84 Å². The number of carboxylic acid groups (broad SMARTS) is 1. The van der Waals surface area contributed by atoms with E-state index in [-0.39, 0.29) is 5.57 Å². The SMILES string of the molecule is CC/C(Oc1c(Br)cc(Br)cc1Br)=C(/C)C(=O)O. The fraction of sp³-hybridized carbons (Fsp3) is 0.250. The molecular weight excluding hydrogens is 432 g/mol. The van der Waals surface area contributed by atoms with Gasteiger partial charge in [-0.2, -0.15) is 0 Å². The number of halogens is 3. The van der Waals surface area contributed by atoms with Gasteiger partial charge in [-0.1, -0.05) is 22.9 Å². The first-order valence-electron chi connectivity index (χ1n) is 5.12. The number of aliphatic carboxylic acids is 1. The van der Waals surface area contributed by atoms with Crippen LogP contribution in [0.1, 0.15) is 20.3 Å². The molecule has 0 bridgehead atoms. The number of benzene rings is 1. The molecule has 1 rings (SSSR count). The number of allylic oxidation sites excluding steroid dienone is 1. The van der Waals surface area contributed by atoms with Crippen molar-refractivity contribution in [2.24, 2.45) is 0 Å². The summed E-state index contributed by atoms with van der Waals surface area (Å²) < 4.78 is 8.07. The van der Waals surface area contributed by atoms with E-state index in [0.29, 0.717) is 17.9 Å². The van der Waals surface area contributed by atoms with Crippen molar-refractivity contribution in [3.63, 3.8) is 0 Å². The lowest BCUT2D eigenvalue weighted by molar-refractivity contribution is -0.132. The Hall–Kier alpha value is -0.330. The average Bonchev–Trinajstić information content (AvgIpc) is 2.27. The third-order valence-electron chi connectivity index (χ3n) is 2.25. The van der Waals surface area contributed by atoms with E-state index in [1.807, 2.05) is 19.1 Å². The van der Waals surface area contributed by atoms with Gasteiger partial charge in [0.25, 0.3) is 0 Å². The topological polar surface area (TPSA) is 46.5 Å². The first-order chi connectivity index (χ1) is 8.36. The molecule has 6 heteroatoms. The molecule has 0 aliphatic rings. The van der Waals surface area contributed by atoms with Crippen molar-refractivity contribution in [3.05, 3.63) is 36.9 Å². The third kappa shape index (κ3) is 3.83. The van der Waals surface area contributed by atoms with E-state index in [4.69, 9.17) is 9.84 Å². The zero-order chi connectivity index (χ0) is 13.9. The Labute approximate surface area is 131 Å². The Bertz CT molecular complexity index is 486. The lowest BCUT2D eigenvalue weighted by Gasteiger charge is -2.13. The number of carboxylic acids is 1. The van der Waals surface area contributed by atoms with Crippen molar-refractivity contribution in [2.45, 2.75) is 20.3 Å². The highest BCUT2D eigenvalue weighted by atomic mass is 79.9. The molecule has 0 radical (unpaired) electrons. The Kier molecular flexibility index (Phi) is 5.88. The maximum absolute atomic E-state index is 10.9. The van der Waals surface area contributed by atoms with Crippen LogP contribution in [0.4, 0.5) is 0 Å².